The SMILES string of the molecule is CC(=CCl)CNC(CCl)CC(C)C. The lowest BCUT2D eigenvalue weighted by atomic mass is 10.1. The number of nitrogens with one attached hydrogen (secondary N) is 1. The van der Waals surface area contributed by atoms with Gasteiger partial charge in [0.2, 0.25) is 0 Å². The van der Waals surface area contributed by atoms with Gasteiger partial charge in [-0.15, -0.1) is 11.6 Å². The van der Waals surface area contributed by atoms with Crippen LogP contribution >= 0.6 is 23.2 Å². The van der Waals surface area contributed by atoms with Gasteiger partial charge in [0.05, 0.1) is 0 Å². The van der Waals surface area contributed by atoms with Gasteiger partial charge in [-0.2, -0.15) is 0 Å². The Morgan fingerprint density at radius 2 is 2.08 bits per heavy atom. The number of halogens is 2. The smallest absolute Gasteiger partial charge is 0.0377 e. The first kappa shape index (κ1) is 13.3. The van der Waals surface area contributed by atoms with Crippen molar-refractivity contribution in [1.82, 2.24) is 5.32 Å². The molecule has 0 aliphatic heterocycles. The van der Waals surface area contributed by atoms with E-state index in [1.54, 1.807) is 5.54 Å². The van der Waals surface area contributed by atoms with Gasteiger partial charge < -0.3 is 5.32 Å². The molecule has 0 bridgehead atoms. The molecule has 1 unspecified atom stereocenters. The molecule has 78 valence electrons. The Bertz CT molecular complexity index is 155. The van der Waals surface area contributed by atoms with Crippen molar-refractivity contribution in [2.45, 2.75) is 33.2 Å². The summed E-state index contributed by atoms with van der Waals surface area (Å²) in [6, 6.07) is 0.397. The van der Waals surface area contributed by atoms with Crippen LogP contribution in [0.15, 0.2) is 11.1 Å². The van der Waals surface area contributed by atoms with Crippen molar-refractivity contribution in [2.24, 2.45) is 5.92 Å². The van der Waals surface area contributed by atoms with Crippen LogP contribution in [-0.4, -0.2) is 18.5 Å². The number of hydrogen-bond acceptors (Lipinski definition) is 1. The van der Waals surface area contributed by atoms with E-state index in [0.29, 0.717) is 17.8 Å². The summed E-state index contributed by atoms with van der Waals surface area (Å²) < 4.78 is 0. The van der Waals surface area contributed by atoms with Crippen molar-refractivity contribution in [3.05, 3.63) is 11.1 Å². The third-order valence-corrected chi connectivity index (χ3v) is 2.54. The summed E-state index contributed by atoms with van der Waals surface area (Å²) in [5.41, 5.74) is 2.74. The summed E-state index contributed by atoms with van der Waals surface area (Å²) in [4.78, 5) is 0. The van der Waals surface area contributed by atoms with Crippen LogP contribution in [0.2, 0.25) is 0 Å². The lowest BCUT2D eigenvalue weighted by Gasteiger charge is -2.17. The molecule has 0 aromatic heterocycles. The molecule has 0 spiro atoms. The highest BCUT2D eigenvalue weighted by Gasteiger charge is 2.08. The first-order valence-corrected chi connectivity index (χ1v) is 5.62. The van der Waals surface area contributed by atoms with Gasteiger partial charge in [0.25, 0.3) is 0 Å². The van der Waals surface area contributed by atoms with Gasteiger partial charge in [-0.1, -0.05) is 25.4 Å². The summed E-state index contributed by atoms with van der Waals surface area (Å²) in [5, 5.41) is 3.37. The molecule has 0 fully saturated rings. The zero-order chi connectivity index (χ0) is 10.3. The van der Waals surface area contributed by atoms with E-state index in [1.807, 2.05) is 6.92 Å². The first-order chi connectivity index (χ1) is 6.10. The number of rotatable bonds is 6. The second-order valence-corrected chi connectivity index (χ2v) is 4.34. The Kier molecular flexibility index (Phi) is 7.83. The normalized spacial score (nSPS) is 15.1. The molecule has 0 aliphatic carbocycles. The minimum Gasteiger partial charge on any atom is -0.309 e. The van der Waals surface area contributed by atoms with Gasteiger partial charge in [0.15, 0.2) is 0 Å². The second-order valence-electron chi connectivity index (χ2n) is 3.82. The quantitative estimate of drug-likeness (QED) is 0.682. The molecule has 1 N–H and O–H groups in total. The molecule has 0 saturated carbocycles. The highest BCUT2D eigenvalue weighted by molar-refractivity contribution is 6.25. The van der Waals surface area contributed by atoms with Crippen molar-refractivity contribution in [3.63, 3.8) is 0 Å². The van der Waals surface area contributed by atoms with Crippen LogP contribution < -0.4 is 5.32 Å². The zero-order valence-electron chi connectivity index (χ0n) is 8.61. The van der Waals surface area contributed by atoms with Crippen LogP contribution in [0.25, 0.3) is 0 Å². The van der Waals surface area contributed by atoms with Crippen molar-refractivity contribution in [2.75, 3.05) is 12.4 Å². The lowest BCUT2D eigenvalue weighted by molar-refractivity contribution is 0.458. The fourth-order valence-corrected chi connectivity index (χ4v) is 1.43. The van der Waals surface area contributed by atoms with Crippen molar-refractivity contribution >= 4 is 23.2 Å². The highest BCUT2D eigenvalue weighted by Crippen LogP contribution is 2.06. The molecule has 0 aliphatic rings. The number of alkyl halides is 1. The molecule has 0 rings (SSSR count). The van der Waals surface area contributed by atoms with Gasteiger partial charge in [-0.25, -0.2) is 0 Å². The average molecular weight is 224 g/mol. The Morgan fingerprint density at radius 1 is 1.46 bits per heavy atom. The Hall–Kier alpha value is 0.280. The molecule has 1 nitrogen and oxygen atoms in total. The molecule has 3 heteroatoms. The van der Waals surface area contributed by atoms with E-state index in [4.69, 9.17) is 23.2 Å². The van der Waals surface area contributed by atoms with Gasteiger partial charge in [-0.3, -0.25) is 0 Å². The van der Waals surface area contributed by atoms with Gasteiger partial charge >= 0.3 is 0 Å². The predicted octanol–water partition coefficient (Wildman–Crippen LogP) is 3.37. The van der Waals surface area contributed by atoms with Crippen LogP contribution in [0.4, 0.5) is 0 Å². The van der Waals surface area contributed by atoms with Crippen molar-refractivity contribution in [1.29, 1.82) is 0 Å². The maximum absolute atomic E-state index is 5.82. The minimum absolute atomic E-state index is 0.397. The Labute approximate surface area is 91.5 Å². The summed E-state index contributed by atoms with van der Waals surface area (Å²) >= 11 is 11.4. The Morgan fingerprint density at radius 3 is 2.46 bits per heavy atom. The lowest BCUT2D eigenvalue weighted by Crippen LogP contribution is -2.33. The largest absolute Gasteiger partial charge is 0.309 e. The maximum atomic E-state index is 5.82. The summed E-state index contributed by atoms with van der Waals surface area (Å²) in [7, 11) is 0. The molecule has 0 heterocycles. The van der Waals surface area contributed by atoms with E-state index < -0.39 is 0 Å². The molecule has 0 aromatic carbocycles. The molecule has 1 atom stereocenters. The molecule has 0 aromatic rings. The van der Waals surface area contributed by atoms with Crippen LogP contribution in [-0.2, 0) is 0 Å². The molecule has 13 heavy (non-hydrogen) atoms. The van der Waals surface area contributed by atoms with E-state index in [-0.39, 0.29) is 0 Å². The monoisotopic (exact) mass is 223 g/mol. The molecule has 0 saturated heterocycles. The van der Waals surface area contributed by atoms with E-state index in [2.05, 4.69) is 19.2 Å². The van der Waals surface area contributed by atoms with Gasteiger partial charge in [-0.05, 0) is 24.8 Å². The van der Waals surface area contributed by atoms with E-state index in [9.17, 15) is 0 Å². The fourth-order valence-electron chi connectivity index (χ4n) is 1.11. The standard InChI is InChI=1S/C10H19Cl2N/c1-8(2)4-10(6-12)13-7-9(3)5-11/h5,8,10,13H,4,6-7H2,1-3H3. The predicted molar refractivity (Wildman–Crippen MR) is 61.6 cm³/mol. The molecule has 0 amide bonds. The van der Waals surface area contributed by atoms with Crippen LogP contribution in [0.1, 0.15) is 27.2 Å². The Balaban J connectivity index is 3.72. The van der Waals surface area contributed by atoms with E-state index in [0.717, 1.165) is 18.5 Å². The topological polar surface area (TPSA) is 12.0 Å². The summed E-state index contributed by atoms with van der Waals surface area (Å²) in [6.07, 6.45) is 1.11. The third-order valence-electron chi connectivity index (χ3n) is 1.80. The van der Waals surface area contributed by atoms with Crippen LogP contribution in [0.3, 0.4) is 0 Å². The summed E-state index contributed by atoms with van der Waals surface area (Å²) in [6.45, 7) is 7.23. The minimum atomic E-state index is 0.397. The number of hydrogen-bond donors (Lipinski definition) is 1. The third kappa shape index (κ3) is 7.36. The fraction of sp³-hybridized carbons (Fsp3) is 0.800. The van der Waals surface area contributed by atoms with Crippen LogP contribution in [0.5, 0.6) is 0 Å². The average Bonchev–Trinajstić information content (AvgIpc) is 2.10. The maximum Gasteiger partial charge on any atom is 0.0377 e. The summed E-state index contributed by atoms with van der Waals surface area (Å²) in [5.74, 6) is 1.34. The van der Waals surface area contributed by atoms with E-state index >= 15 is 0 Å². The van der Waals surface area contributed by atoms with Crippen molar-refractivity contribution in [3.8, 4) is 0 Å². The molecular weight excluding hydrogens is 205 g/mol. The van der Waals surface area contributed by atoms with Gasteiger partial charge in [0, 0.05) is 24.0 Å². The van der Waals surface area contributed by atoms with E-state index in [1.165, 1.54) is 0 Å². The highest BCUT2D eigenvalue weighted by atomic mass is 35.5. The zero-order valence-corrected chi connectivity index (χ0v) is 10.1. The van der Waals surface area contributed by atoms with Crippen molar-refractivity contribution < 1.29 is 0 Å². The molecular formula is C10H19Cl2N. The molecule has 0 radical (unpaired) electrons. The van der Waals surface area contributed by atoms with Crippen LogP contribution in [0, 0.1) is 5.92 Å². The second kappa shape index (κ2) is 7.66. The van der Waals surface area contributed by atoms with Gasteiger partial charge in [0.1, 0.15) is 0 Å². The first-order valence-electron chi connectivity index (χ1n) is 4.65.